The maximum Gasteiger partial charge on any atom is 0.152 e. The zero-order chi connectivity index (χ0) is 11.7. The quantitative estimate of drug-likeness (QED) is 0.922. The van der Waals surface area contributed by atoms with Crippen molar-refractivity contribution in [2.24, 2.45) is 0 Å². The average molecular weight is 289 g/mol. The molecular formula is C10H7BrF2N2O. The van der Waals surface area contributed by atoms with Gasteiger partial charge in [-0.2, -0.15) is 5.10 Å². The lowest BCUT2D eigenvalue weighted by molar-refractivity contribution is 0.276. The van der Waals surface area contributed by atoms with Crippen molar-refractivity contribution in [3.63, 3.8) is 0 Å². The van der Waals surface area contributed by atoms with Gasteiger partial charge in [-0.25, -0.2) is 13.5 Å². The number of nitrogens with zero attached hydrogens (tertiary/aromatic N) is 2. The molecule has 0 amide bonds. The Balaban J connectivity index is 2.55. The largest absolute Gasteiger partial charge is 0.390 e. The summed E-state index contributed by atoms with van der Waals surface area (Å²) in [5.74, 6) is -1.39. The number of rotatable bonds is 2. The van der Waals surface area contributed by atoms with Crippen LogP contribution >= 0.6 is 15.9 Å². The van der Waals surface area contributed by atoms with E-state index in [1.165, 1.54) is 10.9 Å². The Hall–Kier alpha value is -1.27. The predicted octanol–water partition coefficient (Wildman–Crippen LogP) is 2.41. The van der Waals surface area contributed by atoms with Crippen molar-refractivity contribution in [1.29, 1.82) is 0 Å². The smallest absolute Gasteiger partial charge is 0.152 e. The second-order valence-corrected chi connectivity index (χ2v) is 3.98. The van der Waals surface area contributed by atoms with Crippen molar-refractivity contribution in [3.8, 4) is 5.69 Å². The predicted molar refractivity (Wildman–Crippen MR) is 57.1 cm³/mol. The van der Waals surface area contributed by atoms with E-state index < -0.39 is 11.6 Å². The van der Waals surface area contributed by atoms with Gasteiger partial charge in [-0.05, 0) is 28.1 Å². The van der Waals surface area contributed by atoms with Crippen LogP contribution in [0.25, 0.3) is 5.69 Å². The highest BCUT2D eigenvalue weighted by molar-refractivity contribution is 9.10. The Morgan fingerprint density at radius 3 is 2.69 bits per heavy atom. The van der Waals surface area contributed by atoms with E-state index in [0.717, 1.165) is 12.1 Å². The molecule has 6 heteroatoms. The minimum absolute atomic E-state index is 0.112. The number of halogens is 3. The van der Waals surface area contributed by atoms with Gasteiger partial charge in [0.1, 0.15) is 11.5 Å². The van der Waals surface area contributed by atoms with Crippen LogP contribution < -0.4 is 0 Å². The Morgan fingerprint density at radius 1 is 1.38 bits per heavy atom. The molecule has 0 bridgehead atoms. The summed E-state index contributed by atoms with van der Waals surface area (Å²) in [5, 5.41) is 12.8. The molecule has 84 valence electrons. The monoisotopic (exact) mass is 288 g/mol. The van der Waals surface area contributed by atoms with Crippen molar-refractivity contribution >= 4 is 15.9 Å². The van der Waals surface area contributed by atoms with E-state index in [1.807, 2.05) is 0 Å². The second-order valence-electron chi connectivity index (χ2n) is 3.13. The molecule has 1 aromatic carbocycles. The minimum Gasteiger partial charge on any atom is -0.390 e. The van der Waals surface area contributed by atoms with Crippen molar-refractivity contribution in [2.45, 2.75) is 6.61 Å². The third-order valence-corrected chi connectivity index (χ3v) is 2.62. The van der Waals surface area contributed by atoms with E-state index >= 15 is 0 Å². The van der Waals surface area contributed by atoms with E-state index in [9.17, 15) is 8.78 Å². The summed E-state index contributed by atoms with van der Waals surface area (Å²) in [4.78, 5) is 0. The molecule has 0 atom stereocenters. The summed E-state index contributed by atoms with van der Waals surface area (Å²) >= 11 is 3.06. The van der Waals surface area contributed by atoms with Gasteiger partial charge in [-0.15, -0.1) is 0 Å². The first-order valence-corrected chi connectivity index (χ1v) is 5.21. The first-order valence-electron chi connectivity index (χ1n) is 4.42. The molecule has 1 aromatic heterocycles. The summed E-state index contributed by atoms with van der Waals surface area (Å²) in [7, 11) is 0. The molecule has 1 heterocycles. The maximum atomic E-state index is 13.5. The van der Waals surface area contributed by atoms with Gasteiger partial charge >= 0.3 is 0 Å². The molecule has 3 nitrogen and oxygen atoms in total. The zero-order valence-electron chi connectivity index (χ0n) is 7.99. The standard InChI is InChI=1S/C10H7BrF2N2O/c11-8-3-6(12)4-9(13)10(8)15-2-1-7(5-16)14-15/h1-4,16H,5H2. The third kappa shape index (κ3) is 1.98. The van der Waals surface area contributed by atoms with Gasteiger partial charge < -0.3 is 5.11 Å². The van der Waals surface area contributed by atoms with Gasteiger partial charge in [-0.1, -0.05) is 0 Å². The molecule has 0 saturated carbocycles. The Bertz CT molecular complexity index is 504. The summed E-state index contributed by atoms with van der Waals surface area (Å²) in [5.41, 5.74) is 0.525. The number of aromatic nitrogens is 2. The minimum atomic E-state index is -0.723. The highest BCUT2D eigenvalue weighted by Crippen LogP contribution is 2.25. The van der Waals surface area contributed by atoms with Crippen LogP contribution in [0.2, 0.25) is 0 Å². The fourth-order valence-electron chi connectivity index (χ4n) is 1.32. The van der Waals surface area contributed by atoms with Crippen LogP contribution in [0.15, 0.2) is 28.9 Å². The molecule has 0 fully saturated rings. The van der Waals surface area contributed by atoms with Crippen LogP contribution in [0.1, 0.15) is 5.69 Å². The number of aliphatic hydroxyl groups is 1. The lowest BCUT2D eigenvalue weighted by Gasteiger charge is -2.06. The highest BCUT2D eigenvalue weighted by Gasteiger charge is 2.12. The van der Waals surface area contributed by atoms with Crippen LogP contribution in [-0.2, 0) is 6.61 Å². The molecule has 0 spiro atoms. The van der Waals surface area contributed by atoms with Crippen LogP contribution in [0.4, 0.5) is 8.78 Å². The third-order valence-electron chi connectivity index (χ3n) is 2.02. The number of hydrogen-bond donors (Lipinski definition) is 1. The van der Waals surface area contributed by atoms with Crippen LogP contribution in [0, 0.1) is 11.6 Å². The molecule has 0 aliphatic carbocycles. The molecular weight excluding hydrogens is 282 g/mol. The van der Waals surface area contributed by atoms with E-state index in [1.54, 1.807) is 6.07 Å². The molecule has 0 aliphatic heterocycles. The van der Waals surface area contributed by atoms with E-state index in [2.05, 4.69) is 21.0 Å². The van der Waals surface area contributed by atoms with Crippen LogP contribution in [0.3, 0.4) is 0 Å². The summed E-state index contributed by atoms with van der Waals surface area (Å²) in [6.45, 7) is -0.229. The highest BCUT2D eigenvalue weighted by atomic mass is 79.9. The SMILES string of the molecule is OCc1ccn(-c2c(F)cc(F)cc2Br)n1. The summed E-state index contributed by atoms with van der Waals surface area (Å²) < 4.78 is 27.9. The fraction of sp³-hybridized carbons (Fsp3) is 0.100. The lowest BCUT2D eigenvalue weighted by atomic mass is 10.3. The van der Waals surface area contributed by atoms with Crippen molar-refractivity contribution < 1.29 is 13.9 Å². The van der Waals surface area contributed by atoms with Gasteiger partial charge in [0.2, 0.25) is 0 Å². The molecule has 0 saturated heterocycles. The zero-order valence-corrected chi connectivity index (χ0v) is 9.58. The molecule has 2 aromatic rings. The van der Waals surface area contributed by atoms with Gasteiger partial charge in [0.15, 0.2) is 5.82 Å². The number of hydrogen-bond acceptors (Lipinski definition) is 2. The molecule has 16 heavy (non-hydrogen) atoms. The lowest BCUT2D eigenvalue weighted by Crippen LogP contribution is -2.01. The van der Waals surface area contributed by atoms with Crippen LogP contribution in [0.5, 0.6) is 0 Å². The topological polar surface area (TPSA) is 38.0 Å². The van der Waals surface area contributed by atoms with Gasteiger partial charge in [-0.3, -0.25) is 0 Å². The normalized spacial score (nSPS) is 10.8. The number of aliphatic hydroxyl groups excluding tert-OH is 1. The molecule has 0 unspecified atom stereocenters. The molecule has 0 aliphatic rings. The first-order chi connectivity index (χ1) is 7.61. The molecule has 0 radical (unpaired) electrons. The Kier molecular flexibility index (Phi) is 3.02. The number of benzene rings is 1. The molecule has 2 rings (SSSR count). The van der Waals surface area contributed by atoms with Crippen molar-refractivity contribution in [1.82, 2.24) is 9.78 Å². The van der Waals surface area contributed by atoms with E-state index in [-0.39, 0.29) is 16.8 Å². The summed E-state index contributed by atoms with van der Waals surface area (Å²) in [6, 6.07) is 3.48. The van der Waals surface area contributed by atoms with E-state index in [0.29, 0.717) is 5.69 Å². The Morgan fingerprint density at radius 2 is 2.12 bits per heavy atom. The average Bonchev–Trinajstić information content (AvgIpc) is 2.64. The fourth-order valence-corrected chi connectivity index (χ4v) is 1.91. The first kappa shape index (κ1) is 11.2. The summed E-state index contributed by atoms with van der Waals surface area (Å²) in [6.07, 6.45) is 1.49. The van der Waals surface area contributed by atoms with Crippen molar-refractivity contribution in [3.05, 3.63) is 46.2 Å². The maximum absolute atomic E-state index is 13.5. The van der Waals surface area contributed by atoms with Gasteiger partial charge in [0.05, 0.1) is 12.3 Å². The van der Waals surface area contributed by atoms with Gasteiger partial charge in [0.25, 0.3) is 0 Å². The molecule has 1 N–H and O–H groups in total. The second kappa shape index (κ2) is 4.31. The van der Waals surface area contributed by atoms with Gasteiger partial charge in [0, 0.05) is 16.7 Å². The van der Waals surface area contributed by atoms with Crippen LogP contribution in [-0.4, -0.2) is 14.9 Å². The van der Waals surface area contributed by atoms with E-state index in [4.69, 9.17) is 5.11 Å². The Labute approximate surface area is 98.5 Å². The van der Waals surface area contributed by atoms with Crippen molar-refractivity contribution in [2.75, 3.05) is 0 Å².